The van der Waals surface area contributed by atoms with E-state index in [2.05, 4.69) is 0 Å². The van der Waals surface area contributed by atoms with Gasteiger partial charge in [0.1, 0.15) is 6.10 Å². The van der Waals surface area contributed by atoms with Crippen molar-refractivity contribution < 1.29 is 24.1 Å². The van der Waals surface area contributed by atoms with Gasteiger partial charge >= 0.3 is 5.97 Å². The van der Waals surface area contributed by atoms with Crippen LogP contribution in [0.25, 0.3) is 0 Å². The first-order valence-corrected chi connectivity index (χ1v) is 7.90. The molecule has 0 spiro atoms. The summed E-state index contributed by atoms with van der Waals surface area (Å²) in [6, 6.07) is 18.3. The van der Waals surface area contributed by atoms with Crippen LogP contribution >= 0.6 is 0 Å². The van der Waals surface area contributed by atoms with Crippen LogP contribution in [0.3, 0.4) is 0 Å². The molecule has 1 unspecified atom stereocenters. The summed E-state index contributed by atoms with van der Waals surface area (Å²) in [6.07, 6.45) is -2.98. The van der Waals surface area contributed by atoms with Crippen LogP contribution in [0.1, 0.15) is 22.8 Å². The number of ether oxygens (including phenoxy) is 3. The van der Waals surface area contributed by atoms with Gasteiger partial charge in [-0.15, -0.1) is 0 Å². The van der Waals surface area contributed by atoms with Crippen LogP contribution in [0.5, 0.6) is 0 Å². The quantitative estimate of drug-likeness (QED) is 0.855. The average Bonchev–Trinajstić information content (AvgIpc) is 2.88. The first-order chi connectivity index (χ1) is 11.6. The lowest BCUT2D eigenvalue weighted by molar-refractivity contribution is -0.128. The molecule has 0 aliphatic carbocycles. The van der Waals surface area contributed by atoms with Gasteiger partial charge in [-0.3, -0.25) is 0 Å². The average molecular weight is 328 g/mol. The minimum atomic E-state index is -1.20. The number of aliphatic hydroxyl groups excluding tert-OH is 1. The van der Waals surface area contributed by atoms with E-state index >= 15 is 0 Å². The van der Waals surface area contributed by atoms with Crippen LogP contribution in [0.15, 0.2) is 60.7 Å². The van der Waals surface area contributed by atoms with Gasteiger partial charge in [0.05, 0.1) is 18.3 Å². The second-order valence-electron chi connectivity index (χ2n) is 5.73. The minimum absolute atomic E-state index is 0.352. The van der Waals surface area contributed by atoms with E-state index < -0.39 is 24.5 Å². The van der Waals surface area contributed by atoms with Crippen molar-refractivity contribution in [2.45, 2.75) is 38.1 Å². The molecule has 1 aliphatic heterocycles. The Morgan fingerprint density at radius 3 is 2.33 bits per heavy atom. The Bertz CT molecular complexity index is 658. The van der Waals surface area contributed by atoms with E-state index in [1.54, 1.807) is 31.2 Å². The third-order valence-electron chi connectivity index (χ3n) is 3.96. The fourth-order valence-electron chi connectivity index (χ4n) is 2.69. The van der Waals surface area contributed by atoms with Crippen molar-refractivity contribution in [1.82, 2.24) is 0 Å². The predicted molar refractivity (Wildman–Crippen MR) is 87.2 cm³/mol. The lowest BCUT2D eigenvalue weighted by Gasteiger charge is -2.22. The predicted octanol–water partition coefficient (Wildman–Crippen LogP) is 2.53. The van der Waals surface area contributed by atoms with E-state index in [1.165, 1.54) is 0 Å². The van der Waals surface area contributed by atoms with Crippen LogP contribution in [0, 0.1) is 0 Å². The summed E-state index contributed by atoms with van der Waals surface area (Å²) in [4.78, 5) is 12.2. The molecular formula is C19H20O5. The molecule has 2 aromatic carbocycles. The lowest BCUT2D eigenvalue weighted by atomic mass is 10.1. The van der Waals surface area contributed by atoms with Crippen LogP contribution in [-0.4, -0.2) is 35.7 Å². The lowest BCUT2D eigenvalue weighted by Crippen LogP contribution is -2.38. The number of hydrogen-bond donors (Lipinski definition) is 1. The van der Waals surface area contributed by atoms with Gasteiger partial charge in [0, 0.05) is 0 Å². The van der Waals surface area contributed by atoms with Gasteiger partial charge in [0.2, 0.25) is 0 Å². The SMILES string of the molecule is C[C@H]1OC(O)[C@H](OC(=O)c2ccccc2)[C@@H]1OCc1ccccc1. The molecule has 0 saturated carbocycles. The van der Waals surface area contributed by atoms with E-state index in [0.717, 1.165) is 5.56 Å². The third-order valence-corrected chi connectivity index (χ3v) is 3.96. The summed E-state index contributed by atoms with van der Waals surface area (Å²) in [6.45, 7) is 2.14. The van der Waals surface area contributed by atoms with Gasteiger partial charge < -0.3 is 19.3 Å². The molecule has 5 heteroatoms. The zero-order valence-electron chi connectivity index (χ0n) is 13.4. The van der Waals surface area contributed by atoms with Crippen molar-refractivity contribution in [2.75, 3.05) is 0 Å². The maximum atomic E-state index is 12.2. The van der Waals surface area contributed by atoms with Crippen molar-refractivity contribution in [3.05, 3.63) is 71.8 Å². The Balaban J connectivity index is 1.66. The first-order valence-electron chi connectivity index (χ1n) is 7.90. The fraction of sp³-hybridized carbons (Fsp3) is 0.316. The Hall–Kier alpha value is -2.21. The monoisotopic (exact) mass is 328 g/mol. The zero-order chi connectivity index (χ0) is 16.9. The summed E-state index contributed by atoms with van der Waals surface area (Å²) in [5.74, 6) is -0.509. The molecule has 1 saturated heterocycles. The summed E-state index contributed by atoms with van der Waals surface area (Å²) < 4.78 is 16.7. The van der Waals surface area contributed by atoms with Crippen LogP contribution < -0.4 is 0 Å². The second kappa shape index (κ2) is 7.57. The molecular weight excluding hydrogens is 308 g/mol. The number of aliphatic hydroxyl groups is 1. The Morgan fingerprint density at radius 2 is 1.67 bits per heavy atom. The standard InChI is InChI=1S/C19H20O5/c1-13-16(22-12-14-8-4-2-5-9-14)17(19(21)23-13)24-18(20)15-10-6-3-7-11-15/h2-11,13,16-17,19,21H,12H2,1H3/t13-,16-,17-,19?/m1/s1. The molecule has 24 heavy (non-hydrogen) atoms. The highest BCUT2D eigenvalue weighted by molar-refractivity contribution is 5.89. The largest absolute Gasteiger partial charge is 0.450 e. The molecule has 1 aliphatic rings. The summed E-state index contributed by atoms with van der Waals surface area (Å²) in [5.41, 5.74) is 1.42. The molecule has 0 amide bonds. The van der Waals surface area contributed by atoms with Crippen molar-refractivity contribution in [2.24, 2.45) is 0 Å². The molecule has 5 nitrogen and oxygen atoms in total. The number of rotatable bonds is 5. The molecule has 3 rings (SSSR count). The van der Waals surface area contributed by atoms with Gasteiger partial charge in [-0.2, -0.15) is 0 Å². The van der Waals surface area contributed by atoms with E-state index in [0.29, 0.717) is 12.2 Å². The fourth-order valence-corrected chi connectivity index (χ4v) is 2.69. The molecule has 1 N–H and O–H groups in total. The zero-order valence-corrected chi connectivity index (χ0v) is 13.4. The third kappa shape index (κ3) is 3.82. The maximum absolute atomic E-state index is 12.2. The van der Waals surface area contributed by atoms with E-state index in [1.807, 2.05) is 36.4 Å². The molecule has 0 radical (unpaired) electrons. The molecule has 126 valence electrons. The van der Waals surface area contributed by atoms with Crippen LogP contribution in [-0.2, 0) is 20.8 Å². The highest BCUT2D eigenvalue weighted by atomic mass is 16.7. The highest BCUT2D eigenvalue weighted by Crippen LogP contribution is 2.26. The van der Waals surface area contributed by atoms with Crippen LogP contribution in [0.4, 0.5) is 0 Å². The van der Waals surface area contributed by atoms with Crippen molar-refractivity contribution in [3.8, 4) is 0 Å². The number of benzene rings is 2. The number of carbonyl (C=O) groups is 1. The van der Waals surface area contributed by atoms with Crippen molar-refractivity contribution >= 4 is 5.97 Å². The van der Waals surface area contributed by atoms with Crippen molar-refractivity contribution in [1.29, 1.82) is 0 Å². The summed E-state index contributed by atoms with van der Waals surface area (Å²) in [7, 11) is 0. The Labute approximate surface area is 140 Å². The van der Waals surface area contributed by atoms with E-state index in [9.17, 15) is 9.90 Å². The van der Waals surface area contributed by atoms with Crippen LogP contribution in [0.2, 0.25) is 0 Å². The van der Waals surface area contributed by atoms with Gasteiger partial charge in [0.15, 0.2) is 12.4 Å². The Kier molecular flexibility index (Phi) is 5.25. The maximum Gasteiger partial charge on any atom is 0.338 e. The molecule has 1 heterocycles. The number of carbonyl (C=O) groups excluding carboxylic acids is 1. The van der Waals surface area contributed by atoms with E-state index in [-0.39, 0.29) is 6.10 Å². The topological polar surface area (TPSA) is 65.0 Å². The second-order valence-corrected chi connectivity index (χ2v) is 5.73. The van der Waals surface area contributed by atoms with Gasteiger partial charge in [0.25, 0.3) is 0 Å². The smallest absolute Gasteiger partial charge is 0.338 e. The molecule has 1 fully saturated rings. The summed E-state index contributed by atoms with van der Waals surface area (Å²) in [5, 5.41) is 10.0. The van der Waals surface area contributed by atoms with E-state index in [4.69, 9.17) is 14.2 Å². The highest BCUT2D eigenvalue weighted by Gasteiger charge is 2.45. The molecule has 4 atom stereocenters. The molecule has 2 aromatic rings. The Morgan fingerprint density at radius 1 is 1.04 bits per heavy atom. The number of esters is 1. The molecule has 0 aromatic heterocycles. The normalized spacial score (nSPS) is 26.2. The van der Waals surface area contributed by atoms with Gasteiger partial charge in [-0.25, -0.2) is 4.79 Å². The van der Waals surface area contributed by atoms with Gasteiger partial charge in [-0.1, -0.05) is 48.5 Å². The first kappa shape index (κ1) is 16.6. The minimum Gasteiger partial charge on any atom is -0.450 e. The van der Waals surface area contributed by atoms with Gasteiger partial charge in [-0.05, 0) is 24.6 Å². The molecule has 0 bridgehead atoms. The number of hydrogen-bond acceptors (Lipinski definition) is 5. The summed E-state index contributed by atoms with van der Waals surface area (Å²) >= 11 is 0. The van der Waals surface area contributed by atoms with Crippen molar-refractivity contribution in [3.63, 3.8) is 0 Å².